The Morgan fingerprint density at radius 2 is 2.18 bits per heavy atom. The predicted molar refractivity (Wildman–Crippen MR) is 69.0 cm³/mol. The van der Waals surface area contributed by atoms with Gasteiger partial charge >= 0.3 is 5.97 Å². The van der Waals surface area contributed by atoms with Gasteiger partial charge in [0.2, 0.25) is 0 Å². The number of rotatable bonds is 7. The van der Waals surface area contributed by atoms with Crippen molar-refractivity contribution in [2.75, 3.05) is 27.2 Å². The van der Waals surface area contributed by atoms with Crippen LogP contribution in [0, 0.1) is 0 Å². The number of hydrogen-bond acceptors (Lipinski definition) is 4. The summed E-state index contributed by atoms with van der Waals surface area (Å²) in [7, 11) is 3.60. The Hall–Kier alpha value is -0.610. The lowest BCUT2D eigenvalue weighted by Gasteiger charge is -2.37. The molecule has 0 saturated heterocycles. The summed E-state index contributed by atoms with van der Waals surface area (Å²) in [5, 5.41) is 3.24. The summed E-state index contributed by atoms with van der Waals surface area (Å²) < 4.78 is 4.88. The third-order valence-electron chi connectivity index (χ3n) is 3.87. The van der Waals surface area contributed by atoms with Crippen molar-refractivity contribution >= 4 is 5.97 Å². The third-order valence-corrected chi connectivity index (χ3v) is 3.87. The third kappa shape index (κ3) is 3.68. The van der Waals surface area contributed by atoms with E-state index in [1.165, 1.54) is 26.4 Å². The van der Waals surface area contributed by atoms with Crippen molar-refractivity contribution in [1.82, 2.24) is 10.2 Å². The largest absolute Gasteiger partial charge is 0.468 e. The number of likely N-dealkylation sites (N-methyl/N-ethyl adjacent to an activating group) is 1. The van der Waals surface area contributed by atoms with Crippen LogP contribution in [0.5, 0.6) is 0 Å². The molecule has 0 amide bonds. The molecule has 0 heterocycles. The van der Waals surface area contributed by atoms with E-state index >= 15 is 0 Å². The van der Waals surface area contributed by atoms with Gasteiger partial charge in [0.05, 0.1) is 7.11 Å². The van der Waals surface area contributed by atoms with Gasteiger partial charge < -0.3 is 15.0 Å². The normalized spacial score (nSPS) is 19.8. The molecule has 4 heteroatoms. The van der Waals surface area contributed by atoms with E-state index < -0.39 is 5.54 Å². The Kier molecular flexibility index (Phi) is 5.40. The van der Waals surface area contributed by atoms with Gasteiger partial charge in [-0.25, -0.2) is 0 Å². The van der Waals surface area contributed by atoms with E-state index in [0.29, 0.717) is 0 Å². The number of nitrogens with zero attached hydrogens (tertiary/aromatic N) is 1. The summed E-state index contributed by atoms with van der Waals surface area (Å²) in [5.41, 5.74) is -0.554. The van der Waals surface area contributed by atoms with Crippen molar-refractivity contribution < 1.29 is 9.53 Å². The molecule has 0 aromatic heterocycles. The molecule has 0 aromatic rings. The molecule has 100 valence electrons. The van der Waals surface area contributed by atoms with Gasteiger partial charge in [-0.05, 0) is 39.8 Å². The van der Waals surface area contributed by atoms with Crippen LogP contribution in [0.4, 0.5) is 0 Å². The fraction of sp³-hybridized carbons (Fsp3) is 0.923. The highest BCUT2D eigenvalue weighted by molar-refractivity contribution is 5.80. The van der Waals surface area contributed by atoms with Crippen LogP contribution in [0.1, 0.15) is 39.5 Å². The van der Waals surface area contributed by atoms with E-state index in [1.807, 2.05) is 13.8 Å². The molecular formula is C13H26N2O2. The maximum Gasteiger partial charge on any atom is 0.325 e. The first-order valence-corrected chi connectivity index (χ1v) is 6.57. The van der Waals surface area contributed by atoms with E-state index in [-0.39, 0.29) is 5.97 Å². The van der Waals surface area contributed by atoms with E-state index in [9.17, 15) is 4.79 Å². The minimum absolute atomic E-state index is 0.165. The Bertz CT molecular complexity index is 254. The quantitative estimate of drug-likeness (QED) is 0.685. The molecule has 1 unspecified atom stereocenters. The van der Waals surface area contributed by atoms with Gasteiger partial charge in [-0.3, -0.25) is 4.79 Å². The van der Waals surface area contributed by atoms with Crippen molar-refractivity contribution in [2.45, 2.75) is 51.1 Å². The Labute approximate surface area is 105 Å². The second-order valence-electron chi connectivity index (χ2n) is 5.17. The second kappa shape index (κ2) is 6.36. The summed E-state index contributed by atoms with van der Waals surface area (Å²) in [4.78, 5) is 14.1. The summed E-state index contributed by atoms with van der Waals surface area (Å²) >= 11 is 0. The van der Waals surface area contributed by atoms with Crippen LogP contribution < -0.4 is 5.32 Å². The molecule has 17 heavy (non-hydrogen) atoms. The molecule has 1 atom stereocenters. The second-order valence-corrected chi connectivity index (χ2v) is 5.17. The van der Waals surface area contributed by atoms with Crippen LogP contribution >= 0.6 is 0 Å². The van der Waals surface area contributed by atoms with Gasteiger partial charge in [0.25, 0.3) is 0 Å². The molecule has 1 aliphatic carbocycles. The maximum absolute atomic E-state index is 11.8. The molecule has 1 rings (SSSR count). The van der Waals surface area contributed by atoms with E-state index in [4.69, 9.17) is 4.74 Å². The average Bonchev–Trinajstić information content (AvgIpc) is 2.23. The predicted octanol–water partition coefficient (Wildman–Crippen LogP) is 1.40. The van der Waals surface area contributed by atoms with Crippen molar-refractivity contribution in [3.63, 3.8) is 0 Å². The number of carbonyl (C=O) groups excluding carboxylic acids is 1. The van der Waals surface area contributed by atoms with Gasteiger partial charge in [-0.2, -0.15) is 0 Å². The molecule has 1 fully saturated rings. The summed E-state index contributed by atoms with van der Waals surface area (Å²) in [6.07, 6.45) is 4.73. The maximum atomic E-state index is 11.8. The zero-order valence-electron chi connectivity index (χ0n) is 11.6. The lowest BCUT2D eigenvalue weighted by atomic mass is 9.90. The Morgan fingerprint density at radius 1 is 1.53 bits per heavy atom. The van der Waals surface area contributed by atoms with Gasteiger partial charge in [-0.1, -0.05) is 13.3 Å². The number of esters is 1. The lowest BCUT2D eigenvalue weighted by Crippen LogP contribution is -2.52. The van der Waals surface area contributed by atoms with Gasteiger partial charge in [0, 0.05) is 12.6 Å². The zero-order valence-corrected chi connectivity index (χ0v) is 11.6. The smallest absolute Gasteiger partial charge is 0.325 e. The highest BCUT2D eigenvalue weighted by atomic mass is 16.5. The van der Waals surface area contributed by atoms with Crippen LogP contribution in [-0.2, 0) is 9.53 Å². The topological polar surface area (TPSA) is 41.6 Å². The van der Waals surface area contributed by atoms with Crippen molar-refractivity contribution in [3.8, 4) is 0 Å². The molecule has 0 spiro atoms. The number of nitrogens with one attached hydrogen (secondary N) is 1. The van der Waals surface area contributed by atoms with Crippen LogP contribution in [0.25, 0.3) is 0 Å². The van der Waals surface area contributed by atoms with Crippen molar-refractivity contribution in [2.24, 2.45) is 0 Å². The first-order valence-electron chi connectivity index (χ1n) is 6.57. The van der Waals surface area contributed by atoms with Crippen LogP contribution in [0.2, 0.25) is 0 Å². The SMILES string of the molecule is CCNC(C)(CCN(C)C1CCC1)C(=O)OC. The highest BCUT2D eigenvalue weighted by Crippen LogP contribution is 2.24. The molecule has 0 radical (unpaired) electrons. The molecule has 1 saturated carbocycles. The average molecular weight is 242 g/mol. The van der Waals surface area contributed by atoms with Crippen LogP contribution in [0.15, 0.2) is 0 Å². The summed E-state index contributed by atoms with van der Waals surface area (Å²) in [5.74, 6) is -0.165. The van der Waals surface area contributed by atoms with Gasteiger partial charge in [0.1, 0.15) is 5.54 Å². The number of carbonyl (C=O) groups is 1. The molecular weight excluding hydrogens is 216 g/mol. The molecule has 0 aromatic carbocycles. The van der Waals surface area contributed by atoms with Gasteiger partial charge in [-0.15, -0.1) is 0 Å². The highest BCUT2D eigenvalue weighted by Gasteiger charge is 2.34. The number of hydrogen-bond donors (Lipinski definition) is 1. The Balaban J connectivity index is 2.45. The molecule has 1 aliphatic rings. The van der Waals surface area contributed by atoms with Crippen LogP contribution in [0.3, 0.4) is 0 Å². The van der Waals surface area contributed by atoms with Crippen LogP contribution in [-0.4, -0.2) is 49.7 Å². The molecule has 1 N–H and O–H groups in total. The van der Waals surface area contributed by atoms with Crippen molar-refractivity contribution in [1.29, 1.82) is 0 Å². The molecule has 0 bridgehead atoms. The lowest BCUT2D eigenvalue weighted by molar-refractivity contribution is -0.148. The first-order chi connectivity index (χ1) is 8.03. The fourth-order valence-corrected chi connectivity index (χ4v) is 2.29. The summed E-state index contributed by atoms with van der Waals surface area (Å²) in [6.45, 7) is 5.65. The van der Waals surface area contributed by atoms with E-state index in [2.05, 4.69) is 17.3 Å². The summed E-state index contributed by atoms with van der Waals surface area (Å²) in [6, 6.07) is 0.721. The standard InChI is InChI=1S/C13H26N2O2/c1-5-14-13(2,12(16)17-4)9-10-15(3)11-7-6-8-11/h11,14H,5-10H2,1-4H3. The monoisotopic (exact) mass is 242 g/mol. The van der Waals surface area contributed by atoms with E-state index in [1.54, 1.807) is 0 Å². The van der Waals surface area contributed by atoms with E-state index in [0.717, 1.165) is 25.6 Å². The number of ether oxygens (including phenoxy) is 1. The zero-order chi connectivity index (χ0) is 12.9. The molecule has 0 aliphatic heterocycles. The Morgan fingerprint density at radius 3 is 2.59 bits per heavy atom. The number of methoxy groups -OCH3 is 1. The molecule has 4 nitrogen and oxygen atoms in total. The first kappa shape index (κ1) is 14.5. The minimum Gasteiger partial charge on any atom is -0.468 e. The van der Waals surface area contributed by atoms with Gasteiger partial charge in [0.15, 0.2) is 0 Å². The fourth-order valence-electron chi connectivity index (χ4n) is 2.29. The van der Waals surface area contributed by atoms with Crippen molar-refractivity contribution in [3.05, 3.63) is 0 Å². The minimum atomic E-state index is -0.554.